The molecule has 0 bridgehead atoms. The molecule has 1 unspecified atom stereocenters. The number of amides is 1. The van der Waals surface area contributed by atoms with Crippen molar-refractivity contribution in [3.63, 3.8) is 0 Å². The molecule has 2 heterocycles. The average Bonchev–Trinajstić information content (AvgIpc) is 3.20. The number of carbonyl (C=O) groups excluding carboxylic acids is 1. The predicted molar refractivity (Wildman–Crippen MR) is 74.4 cm³/mol. The van der Waals surface area contributed by atoms with Crippen LogP contribution in [0.25, 0.3) is 0 Å². The zero-order valence-electron chi connectivity index (χ0n) is 11.8. The van der Waals surface area contributed by atoms with Gasteiger partial charge in [0, 0.05) is 26.1 Å². The third-order valence-electron chi connectivity index (χ3n) is 3.81. The molecule has 0 radical (unpaired) electrons. The van der Waals surface area contributed by atoms with E-state index in [0.717, 1.165) is 12.0 Å². The second kappa shape index (κ2) is 6.05. The van der Waals surface area contributed by atoms with Crippen LogP contribution < -0.4 is 0 Å². The summed E-state index contributed by atoms with van der Waals surface area (Å²) in [5.74, 6) is 0.787. The fourth-order valence-corrected chi connectivity index (χ4v) is 2.70. The summed E-state index contributed by atoms with van der Waals surface area (Å²) in [4.78, 5) is 18.5. The summed E-state index contributed by atoms with van der Waals surface area (Å²) in [5, 5.41) is 3.86. The number of rotatable bonds is 4. The Morgan fingerprint density at radius 2 is 2.24 bits per heavy atom. The van der Waals surface area contributed by atoms with Gasteiger partial charge in [0.1, 0.15) is 0 Å². The molecule has 2 atom stereocenters. The zero-order chi connectivity index (χ0) is 14.7. The third kappa shape index (κ3) is 2.80. The van der Waals surface area contributed by atoms with Crippen LogP contribution >= 0.6 is 0 Å². The summed E-state index contributed by atoms with van der Waals surface area (Å²) in [5.41, 5.74) is 0.869. The quantitative estimate of drug-likeness (QED) is 0.857. The minimum Gasteiger partial charge on any atom is -0.367 e. The first kappa shape index (κ1) is 13.8. The fraction of sp³-hybridized carbons (Fsp3) is 0.400. The number of benzene rings is 1. The molecule has 1 fully saturated rings. The molecule has 0 saturated carbocycles. The van der Waals surface area contributed by atoms with Gasteiger partial charge in [0.2, 0.25) is 6.39 Å². The van der Waals surface area contributed by atoms with E-state index in [1.807, 2.05) is 35.2 Å². The van der Waals surface area contributed by atoms with Crippen molar-refractivity contribution in [3.05, 3.63) is 48.1 Å². The van der Waals surface area contributed by atoms with E-state index in [4.69, 9.17) is 9.26 Å². The molecule has 1 saturated heterocycles. The zero-order valence-corrected chi connectivity index (χ0v) is 11.8. The van der Waals surface area contributed by atoms with Crippen molar-refractivity contribution in [2.24, 2.45) is 0 Å². The molecule has 0 aliphatic carbocycles. The maximum absolute atomic E-state index is 12.6. The van der Waals surface area contributed by atoms with Gasteiger partial charge in [-0.2, -0.15) is 4.98 Å². The highest BCUT2D eigenvalue weighted by Crippen LogP contribution is 2.28. The number of ether oxygens (including phenoxy) is 1. The van der Waals surface area contributed by atoms with Crippen molar-refractivity contribution >= 4 is 5.91 Å². The Labute approximate surface area is 122 Å². The monoisotopic (exact) mass is 287 g/mol. The van der Waals surface area contributed by atoms with Crippen LogP contribution in [0.15, 0.2) is 41.2 Å². The molecule has 21 heavy (non-hydrogen) atoms. The number of nitrogens with zero attached hydrogens (tertiary/aromatic N) is 3. The SMILES string of the molecule is CO[C@@H](C(=O)N1CCC(c2ncon2)C1)c1ccccc1. The summed E-state index contributed by atoms with van der Waals surface area (Å²) >= 11 is 0. The van der Waals surface area contributed by atoms with E-state index in [-0.39, 0.29) is 11.8 Å². The molecule has 110 valence electrons. The Morgan fingerprint density at radius 1 is 1.43 bits per heavy atom. The van der Waals surface area contributed by atoms with E-state index in [9.17, 15) is 4.79 Å². The van der Waals surface area contributed by atoms with Crippen LogP contribution in [0.5, 0.6) is 0 Å². The van der Waals surface area contributed by atoms with E-state index in [1.54, 1.807) is 7.11 Å². The maximum Gasteiger partial charge on any atom is 0.256 e. The van der Waals surface area contributed by atoms with Crippen molar-refractivity contribution in [1.82, 2.24) is 15.0 Å². The molecule has 0 spiro atoms. The molecule has 1 aromatic carbocycles. The van der Waals surface area contributed by atoms with Crippen LogP contribution in [-0.2, 0) is 9.53 Å². The number of hydrogen-bond donors (Lipinski definition) is 0. The molecule has 1 aliphatic rings. The molecule has 1 aliphatic heterocycles. The molecule has 6 heteroatoms. The number of likely N-dealkylation sites (tertiary alicyclic amines) is 1. The van der Waals surface area contributed by atoms with Gasteiger partial charge in [0.05, 0.1) is 0 Å². The average molecular weight is 287 g/mol. The van der Waals surface area contributed by atoms with Gasteiger partial charge in [0.25, 0.3) is 5.91 Å². The molecule has 2 aromatic rings. The second-order valence-electron chi connectivity index (χ2n) is 5.09. The first-order chi connectivity index (χ1) is 10.3. The normalized spacial score (nSPS) is 19.7. The van der Waals surface area contributed by atoms with E-state index in [1.165, 1.54) is 6.39 Å². The van der Waals surface area contributed by atoms with Crippen LogP contribution in [0.1, 0.15) is 29.8 Å². The Hall–Kier alpha value is -2.21. The number of methoxy groups -OCH3 is 1. The van der Waals surface area contributed by atoms with Gasteiger partial charge in [-0.3, -0.25) is 4.79 Å². The molecule has 3 rings (SSSR count). The lowest BCUT2D eigenvalue weighted by molar-refractivity contribution is -0.141. The number of hydrogen-bond acceptors (Lipinski definition) is 5. The van der Waals surface area contributed by atoms with Crippen molar-refractivity contribution in [1.29, 1.82) is 0 Å². The lowest BCUT2D eigenvalue weighted by atomic mass is 10.1. The highest BCUT2D eigenvalue weighted by Gasteiger charge is 2.33. The first-order valence-corrected chi connectivity index (χ1v) is 6.92. The van der Waals surface area contributed by atoms with Crippen molar-refractivity contribution in [2.75, 3.05) is 20.2 Å². The van der Waals surface area contributed by atoms with Crippen LogP contribution in [0.3, 0.4) is 0 Å². The lowest BCUT2D eigenvalue weighted by Gasteiger charge is -2.22. The van der Waals surface area contributed by atoms with Gasteiger partial charge >= 0.3 is 0 Å². The Kier molecular flexibility index (Phi) is 3.96. The standard InChI is InChI=1S/C15H17N3O3/c1-20-13(11-5-3-2-4-6-11)15(19)18-8-7-12(9-18)14-16-10-21-17-14/h2-6,10,12-13H,7-9H2,1H3/t12?,13-/m1/s1. The van der Waals surface area contributed by atoms with Crippen LogP contribution in [0.2, 0.25) is 0 Å². The van der Waals surface area contributed by atoms with Crippen LogP contribution in [0.4, 0.5) is 0 Å². The van der Waals surface area contributed by atoms with Gasteiger partial charge < -0.3 is 14.2 Å². The van der Waals surface area contributed by atoms with Gasteiger partial charge in [-0.15, -0.1) is 0 Å². The molecular weight excluding hydrogens is 270 g/mol. The van der Waals surface area contributed by atoms with Crippen molar-refractivity contribution in [2.45, 2.75) is 18.4 Å². The maximum atomic E-state index is 12.6. The summed E-state index contributed by atoms with van der Waals surface area (Å²) < 4.78 is 10.2. The summed E-state index contributed by atoms with van der Waals surface area (Å²) in [6, 6.07) is 9.53. The topological polar surface area (TPSA) is 68.5 Å². The highest BCUT2D eigenvalue weighted by molar-refractivity contribution is 5.82. The molecular formula is C15H17N3O3. The molecule has 0 N–H and O–H groups in total. The second-order valence-corrected chi connectivity index (χ2v) is 5.09. The van der Waals surface area contributed by atoms with E-state index in [2.05, 4.69) is 10.1 Å². The fourth-order valence-electron chi connectivity index (χ4n) is 2.70. The summed E-state index contributed by atoms with van der Waals surface area (Å²) in [7, 11) is 1.56. The number of carbonyl (C=O) groups is 1. The summed E-state index contributed by atoms with van der Waals surface area (Å²) in [6.45, 7) is 1.29. The van der Waals surface area contributed by atoms with Crippen LogP contribution in [-0.4, -0.2) is 41.1 Å². The Bertz CT molecular complexity index is 585. The Balaban J connectivity index is 1.70. The third-order valence-corrected chi connectivity index (χ3v) is 3.81. The minimum absolute atomic E-state index is 0.0188. The van der Waals surface area contributed by atoms with Gasteiger partial charge in [-0.05, 0) is 12.0 Å². The van der Waals surface area contributed by atoms with Gasteiger partial charge in [0.15, 0.2) is 11.9 Å². The van der Waals surface area contributed by atoms with Crippen LogP contribution in [0, 0.1) is 0 Å². The predicted octanol–water partition coefficient (Wildman–Crippen LogP) is 1.77. The highest BCUT2D eigenvalue weighted by atomic mass is 16.5. The smallest absolute Gasteiger partial charge is 0.256 e. The summed E-state index contributed by atoms with van der Waals surface area (Å²) in [6.07, 6.45) is 1.60. The first-order valence-electron chi connectivity index (χ1n) is 6.92. The van der Waals surface area contributed by atoms with Gasteiger partial charge in [-0.1, -0.05) is 35.5 Å². The van der Waals surface area contributed by atoms with Crippen molar-refractivity contribution in [3.8, 4) is 0 Å². The number of aromatic nitrogens is 2. The Morgan fingerprint density at radius 3 is 2.90 bits per heavy atom. The minimum atomic E-state index is -0.560. The van der Waals surface area contributed by atoms with Crippen molar-refractivity contribution < 1.29 is 14.1 Å². The molecule has 1 aromatic heterocycles. The van der Waals surface area contributed by atoms with E-state index >= 15 is 0 Å². The largest absolute Gasteiger partial charge is 0.367 e. The van der Waals surface area contributed by atoms with Gasteiger partial charge in [-0.25, -0.2) is 0 Å². The molecule has 6 nitrogen and oxygen atoms in total. The van der Waals surface area contributed by atoms with E-state index in [0.29, 0.717) is 18.9 Å². The lowest BCUT2D eigenvalue weighted by Crippen LogP contribution is -2.34. The van der Waals surface area contributed by atoms with E-state index < -0.39 is 6.10 Å². The molecule has 1 amide bonds.